The van der Waals surface area contributed by atoms with Gasteiger partial charge in [-0.2, -0.15) is 17.6 Å². The maximum Gasteiger partial charge on any atom is 0.432 e. The molecule has 0 amide bonds. The molecular formula is C25H22F8O2. The lowest BCUT2D eigenvalue weighted by molar-refractivity contribution is -0.189. The van der Waals surface area contributed by atoms with E-state index in [2.05, 4.69) is 16.1 Å². The van der Waals surface area contributed by atoms with Gasteiger partial charge in [-0.1, -0.05) is 6.08 Å². The topological polar surface area (TPSA) is 18.5 Å². The summed E-state index contributed by atoms with van der Waals surface area (Å²) >= 11 is 0. The number of hydrogen-bond acceptors (Lipinski definition) is 2. The molecule has 10 heteroatoms. The first-order chi connectivity index (χ1) is 16.5. The highest BCUT2D eigenvalue weighted by atomic mass is 19.3. The predicted octanol–water partition coefficient (Wildman–Crippen LogP) is 8.73. The zero-order chi connectivity index (χ0) is 25.8. The minimum atomic E-state index is -4.64. The molecule has 1 saturated carbocycles. The predicted molar refractivity (Wildman–Crippen MR) is 112 cm³/mol. The Morgan fingerprint density at radius 1 is 0.914 bits per heavy atom. The number of hydrogen-bond donors (Lipinski definition) is 0. The molecule has 35 heavy (non-hydrogen) atoms. The van der Waals surface area contributed by atoms with Crippen LogP contribution in [0.25, 0.3) is 0 Å². The van der Waals surface area contributed by atoms with Gasteiger partial charge in [0.1, 0.15) is 22.9 Å². The molecule has 3 rings (SSSR count). The van der Waals surface area contributed by atoms with E-state index in [9.17, 15) is 35.1 Å². The zero-order valence-corrected chi connectivity index (χ0v) is 18.4. The number of alkyl halides is 2. The van der Waals surface area contributed by atoms with Crippen molar-refractivity contribution in [3.05, 3.63) is 83.7 Å². The first kappa shape index (κ1) is 26.6. The van der Waals surface area contributed by atoms with Gasteiger partial charge in [-0.15, -0.1) is 6.58 Å². The second-order valence-electron chi connectivity index (χ2n) is 8.30. The van der Waals surface area contributed by atoms with E-state index in [4.69, 9.17) is 0 Å². The van der Waals surface area contributed by atoms with Gasteiger partial charge < -0.3 is 9.47 Å². The minimum absolute atomic E-state index is 0.193. The van der Waals surface area contributed by atoms with Crippen LogP contribution in [0.5, 0.6) is 11.5 Å². The highest BCUT2D eigenvalue weighted by Crippen LogP contribution is 2.41. The van der Waals surface area contributed by atoms with Crippen LogP contribution in [0.2, 0.25) is 0 Å². The normalized spacial score (nSPS) is 18.2. The van der Waals surface area contributed by atoms with Crippen LogP contribution in [-0.4, -0.2) is 0 Å². The highest BCUT2D eigenvalue weighted by molar-refractivity contribution is 5.37. The van der Waals surface area contributed by atoms with Crippen LogP contribution in [0.15, 0.2) is 49.3 Å². The lowest BCUT2D eigenvalue weighted by Crippen LogP contribution is -2.26. The van der Waals surface area contributed by atoms with Gasteiger partial charge in [-0.3, -0.25) is 0 Å². The largest absolute Gasteiger partial charge is 0.453 e. The lowest BCUT2D eigenvalue weighted by atomic mass is 9.77. The van der Waals surface area contributed by atoms with E-state index in [-0.39, 0.29) is 29.9 Å². The Kier molecular flexibility index (Phi) is 8.45. The van der Waals surface area contributed by atoms with Crippen molar-refractivity contribution in [2.24, 2.45) is 5.92 Å². The van der Waals surface area contributed by atoms with Gasteiger partial charge in [0, 0.05) is 12.1 Å². The average molecular weight is 506 g/mol. The van der Waals surface area contributed by atoms with E-state index in [1.807, 2.05) is 6.08 Å². The van der Waals surface area contributed by atoms with E-state index < -0.39 is 52.5 Å². The third-order valence-electron chi connectivity index (χ3n) is 5.94. The van der Waals surface area contributed by atoms with Gasteiger partial charge in [-0.25, -0.2) is 17.6 Å². The van der Waals surface area contributed by atoms with Crippen LogP contribution in [0, 0.1) is 29.2 Å². The molecule has 2 aromatic rings. The third-order valence-corrected chi connectivity index (χ3v) is 5.94. The van der Waals surface area contributed by atoms with E-state index >= 15 is 0 Å². The van der Waals surface area contributed by atoms with Crippen LogP contribution >= 0.6 is 0 Å². The van der Waals surface area contributed by atoms with Gasteiger partial charge in [0.2, 0.25) is 0 Å². The summed E-state index contributed by atoms with van der Waals surface area (Å²) in [5, 5.41) is 0. The molecule has 1 aliphatic rings. The Balaban J connectivity index is 1.78. The number of ether oxygens (including phenoxy) is 2. The Morgan fingerprint density at radius 2 is 1.49 bits per heavy atom. The first-order valence-electron chi connectivity index (χ1n) is 10.9. The number of benzene rings is 2. The van der Waals surface area contributed by atoms with Crippen molar-refractivity contribution in [2.45, 2.75) is 50.6 Å². The number of rotatable bonds is 9. The van der Waals surface area contributed by atoms with Crippen LogP contribution < -0.4 is 9.47 Å². The Hall–Kier alpha value is -3.04. The summed E-state index contributed by atoms with van der Waals surface area (Å²) in [6.07, 6.45) is -0.626. The average Bonchev–Trinajstić information content (AvgIpc) is 2.76. The highest BCUT2D eigenvalue weighted by Gasteiger charge is 2.42. The molecule has 0 spiro atoms. The van der Waals surface area contributed by atoms with Crippen LogP contribution in [0.4, 0.5) is 35.1 Å². The summed E-state index contributed by atoms with van der Waals surface area (Å²) in [7, 11) is 0. The first-order valence-corrected chi connectivity index (χ1v) is 10.9. The smallest absolute Gasteiger partial charge is 0.432 e. The monoisotopic (exact) mass is 506 g/mol. The molecule has 0 heterocycles. The van der Waals surface area contributed by atoms with E-state index in [0.717, 1.165) is 37.8 Å². The van der Waals surface area contributed by atoms with E-state index in [0.29, 0.717) is 18.8 Å². The molecule has 1 aliphatic carbocycles. The van der Waals surface area contributed by atoms with Gasteiger partial charge in [0.25, 0.3) is 0 Å². The number of allylic oxidation sites excluding steroid dienone is 1. The Bertz CT molecular complexity index is 1040. The molecule has 0 bridgehead atoms. The molecule has 1 fully saturated rings. The van der Waals surface area contributed by atoms with Gasteiger partial charge in [-0.05, 0) is 68.1 Å². The second kappa shape index (κ2) is 11.1. The summed E-state index contributed by atoms with van der Waals surface area (Å²) < 4.78 is 119. The van der Waals surface area contributed by atoms with E-state index in [1.54, 1.807) is 0 Å². The summed E-state index contributed by atoms with van der Waals surface area (Å²) in [6.45, 7) is 3.68. The molecular weight excluding hydrogens is 484 g/mol. The SMILES string of the molecule is C=CCCC1CCC(c2cc(F)c(C(F)(F)Oc3cc(F)c(OC=C(F)F)c(F)c3)c(F)c2)CC1. The van der Waals surface area contributed by atoms with E-state index in [1.165, 1.54) is 0 Å². The van der Waals surface area contributed by atoms with Crippen LogP contribution in [-0.2, 0) is 6.11 Å². The molecule has 0 saturated heterocycles. The van der Waals surface area contributed by atoms with Gasteiger partial charge in [0.05, 0.1) is 0 Å². The molecule has 0 aliphatic heterocycles. The number of halogens is 8. The minimum Gasteiger partial charge on any atom is -0.453 e. The van der Waals surface area contributed by atoms with Crippen molar-refractivity contribution in [1.29, 1.82) is 0 Å². The Morgan fingerprint density at radius 3 is 2.00 bits per heavy atom. The summed E-state index contributed by atoms with van der Waals surface area (Å²) in [5.41, 5.74) is -1.47. The van der Waals surface area contributed by atoms with Crippen LogP contribution in [0.1, 0.15) is 55.6 Å². The summed E-state index contributed by atoms with van der Waals surface area (Å²) in [6, 6.07) is 2.07. The maximum absolute atomic E-state index is 14.6. The van der Waals surface area contributed by atoms with Crippen molar-refractivity contribution in [3.8, 4) is 11.5 Å². The fourth-order valence-electron chi connectivity index (χ4n) is 4.26. The summed E-state index contributed by atoms with van der Waals surface area (Å²) in [5.74, 6) is -8.58. The molecule has 0 aromatic heterocycles. The molecule has 0 unspecified atom stereocenters. The maximum atomic E-state index is 14.6. The van der Waals surface area contributed by atoms with Crippen molar-refractivity contribution >= 4 is 0 Å². The molecule has 0 N–H and O–H groups in total. The molecule has 0 atom stereocenters. The third kappa shape index (κ3) is 6.55. The van der Waals surface area contributed by atoms with Gasteiger partial charge >= 0.3 is 12.2 Å². The summed E-state index contributed by atoms with van der Waals surface area (Å²) in [4.78, 5) is 0. The Labute approximate surface area is 196 Å². The fraction of sp³-hybridized carbons (Fsp3) is 0.360. The van der Waals surface area contributed by atoms with Crippen molar-refractivity contribution in [1.82, 2.24) is 0 Å². The molecule has 2 nitrogen and oxygen atoms in total. The van der Waals surface area contributed by atoms with Crippen molar-refractivity contribution in [2.75, 3.05) is 0 Å². The van der Waals surface area contributed by atoms with Crippen molar-refractivity contribution in [3.63, 3.8) is 0 Å². The fourth-order valence-corrected chi connectivity index (χ4v) is 4.26. The second-order valence-corrected chi connectivity index (χ2v) is 8.30. The molecule has 190 valence electrons. The lowest BCUT2D eigenvalue weighted by Gasteiger charge is -2.29. The quantitative estimate of drug-likeness (QED) is 0.192. The molecule has 0 radical (unpaired) electrons. The van der Waals surface area contributed by atoms with Gasteiger partial charge in [0.15, 0.2) is 23.6 Å². The standard InChI is InChI=1S/C25H22F8O2/c1-2-3-4-14-5-7-15(8-6-14)16-9-18(26)23(19(27)10-16)25(32,33)35-17-11-20(28)24(21(29)12-17)34-13-22(30)31/h2,9-15H,1,3-8H2. The van der Waals surface area contributed by atoms with Crippen molar-refractivity contribution < 1.29 is 44.6 Å². The van der Waals surface area contributed by atoms with Crippen LogP contribution in [0.3, 0.4) is 0 Å². The molecule has 2 aromatic carbocycles. The zero-order valence-electron chi connectivity index (χ0n) is 18.4.